The summed E-state index contributed by atoms with van der Waals surface area (Å²) in [7, 11) is 0. The Morgan fingerprint density at radius 1 is 0.846 bits per heavy atom. The Balaban J connectivity index is 1.50. The average Bonchev–Trinajstić information content (AvgIpc) is 3.09. The van der Waals surface area contributed by atoms with Gasteiger partial charge in [0.25, 0.3) is 11.8 Å². The molecule has 1 N–H and O–H groups in total. The van der Waals surface area contributed by atoms with E-state index in [-0.39, 0.29) is 11.8 Å². The molecular formula is C22H20N2O2. The number of imide groups is 1. The van der Waals surface area contributed by atoms with Crippen molar-refractivity contribution in [3.05, 3.63) is 93.8 Å². The summed E-state index contributed by atoms with van der Waals surface area (Å²) in [4.78, 5) is 29.5. The lowest BCUT2D eigenvalue weighted by atomic mass is 10.0. The van der Waals surface area contributed by atoms with Gasteiger partial charge in [-0.2, -0.15) is 0 Å². The van der Waals surface area contributed by atoms with Gasteiger partial charge in [0.15, 0.2) is 0 Å². The third-order valence-corrected chi connectivity index (χ3v) is 5.06. The highest BCUT2D eigenvalue weighted by Crippen LogP contribution is 2.24. The Hall–Kier alpha value is -3.14. The summed E-state index contributed by atoms with van der Waals surface area (Å²) < 4.78 is 0. The molecule has 0 saturated heterocycles. The molecule has 3 aromatic rings. The number of hydrogen-bond acceptors (Lipinski definition) is 2. The van der Waals surface area contributed by atoms with Crippen LogP contribution in [0.3, 0.4) is 0 Å². The van der Waals surface area contributed by atoms with Gasteiger partial charge in [0.2, 0.25) is 0 Å². The van der Waals surface area contributed by atoms with Gasteiger partial charge in [0.05, 0.1) is 17.7 Å². The van der Waals surface area contributed by atoms with E-state index in [0.29, 0.717) is 17.7 Å². The molecule has 0 bridgehead atoms. The number of H-pyrrole nitrogens is 1. The molecule has 2 heterocycles. The van der Waals surface area contributed by atoms with Gasteiger partial charge in [-0.1, -0.05) is 36.4 Å². The van der Waals surface area contributed by atoms with Gasteiger partial charge in [-0.3, -0.25) is 14.5 Å². The van der Waals surface area contributed by atoms with Gasteiger partial charge in [0.1, 0.15) is 0 Å². The molecule has 0 radical (unpaired) electrons. The SMILES string of the molecule is Cc1c[nH]c(C)c1Cc1ccc(CN2C(=O)c3ccccc3C2=O)cc1. The van der Waals surface area contributed by atoms with Crippen molar-refractivity contribution >= 4 is 11.8 Å². The predicted molar refractivity (Wildman–Crippen MR) is 100 cm³/mol. The molecule has 130 valence electrons. The van der Waals surface area contributed by atoms with Crippen molar-refractivity contribution in [3.8, 4) is 0 Å². The summed E-state index contributed by atoms with van der Waals surface area (Å²) in [6.07, 6.45) is 2.90. The lowest BCUT2D eigenvalue weighted by Gasteiger charge is -2.14. The van der Waals surface area contributed by atoms with Crippen LogP contribution in [0.25, 0.3) is 0 Å². The maximum absolute atomic E-state index is 12.5. The summed E-state index contributed by atoms with van der Waals surface area (Å²) >= 11 is 0. The number of rotatable bonds is 4. The van der Waals surface area contributed by atoms with E-state index in [9.17, 15) is 9.59 Å². The predicted octanol–water partition coefficient (Wildman–Crippen LogP) is 4.02. The first-order valence-corrected chi connectivity index (χ1v) is 8.71. The number of nitrogens with zero attached hydrogens (tertiary/aromatic N) is 1. The van der Waals surface area contributed by atoms with Crippen LogP contribution >= 0.6 is 0 Å². The second kappa shape index (κ2) is 6.30. The van der Waals surface area contributed by atoms with E-state index in [4.69, 9.17) is 0 Å². The molecule has 0 saturated carbocycles. The van der Waals surface area contributed by atoms with Crippen LogP contribution in [-0.4, -0.2) is 21.7 Å². The summed E-state index contributed by atoms with van der Waals surface area (Å²) in [6, 6.07) is 15.1. The van der Waals surface area contributed by atoms with Gasteiger partial charge in [-0.25, -0.2) is 0 Å². The van der Waals surface area contributed by atoms with Crippen molar-refractivity contribution in [3.63, 3.8) is 0 Å². The maximum atomic E-state index is 12.5. The molecule has 26 heavy (non-hydrogen) atoms. The molecule has 1 aliphatic heterocycles. The minimum atomic E-state index is -0.215. The van der Waals surface area contributed by atoms with Gasteiger partial charge >= 0.3 is 0 Å². The molecule has 4 heteroatoms. The highest BCUT2D eigenvalue weighted by molar-refractivity contribution is 6.21. The molecule has 2 aromatic carbocycles. The molecule has 0 unspecified atom stereocenters. The molecule has 4 nitrogen and oxygen atoms in total. The van der Waals surface area contributed by atoms with Crippen molar-refractivity contribution in [1.82, 2.24) is 9.88 Å². The Morgan fingerprint density at radius 2 is 1.42 bits per heavy atom. The second-order valence-electron chi connectivity index (χ2n) is 6.81. The second-order valence-corrected chi connectivity index (χ2v) is 6.81. The van der Waals surface area contributed by atoms with Crippen LogP contribution in [-0.2, 0) is 13.0 Å². The van der Waals surface area contributed by atoms with E-state index in [1.807, 2.05) is 18.3 Å². The first kappa shape index (κ1) is 16.3. The zero-order chi connectivity index (χ0) is 18.3. The van der Waals surface area contributed by atoms with Crippen LogP contribution in [0.1, 0.15) is 48.7 Å². The van der Waals surface area contributed by atoms with E-state index < -0.39 is 0 Å². The summed E-state index contributed by atoms with van der Waals surface area (Å²) in [6.45, 7) is 4.49. The normalized spacial score (nSPS) is 13.4. The molecule has 1 aromatic heterocycles. The quantitative estimate of drug-likeness (QED) is 0.727. The Labute approximate surface area is 152 Å². The van der Waals surface area contributed by atoms with Gasteiger partial charge in [0, 0.05) is 11.9 Å². The standard InChI is InChI=1S/C22H20N2O2/c1-14-12-23-15(2)20(14)11-16-7-9-17(10-8-16)13-24-21(25)18-5-3-4-6-19(18)22(24)26/h3-10,12,23H,11,13H2,1-2H3. The largest absolute Gasteiger partial charge is 0.365 e. The highest BCUT2D eigenvalue weighted by atomic mass is 16.2. The maximum Gasteiger partial charge on any atom is 0.261 e. The number of amides is 2. The minimum Gasteiger partial charge on any atom is -0.365 e. The highest BCUT2D eigenvalue weighted by Gasteiger charge is 2.34. The van der Waals surface area contributed by atoms with E-state index in [0.717, 1.165) is 12.0 Å². The molecule has 0 spiro atoms. The first-order chi connectivity index (χ1) is 12.5. The lowest BCUT2D eigenvalue weighted by Crippen LogP contribution is -2.29. The number of fused-ring (bicyclic) bond motifs is 1. The summed E-state index contributed by atoms with van der Waals surface area (Å²) in [5.41, 5.74) is 6.92. The summed E-state index contributed by atoms with van der Waals surface area (Å²) in [5.74, 6) is -0.429. The number of hydrogen-bond donors (Lipinski definition) is 1. The molecule has 0 atom stereocenters. The lowest BCUT2D eigenvalue weighted by molar-refractivity contribution is 0.0642. The molecule has 1 aliphatic rings. The smallest absolute Gasteiger partial charge is 0.261 e. The van der Waals surface area contributed by atoms with Crippen molar-refractivity contribution < 1.29 is 9.59 Å². The third kappa shape index (κ3) is 2.73. The van der Waals surface area contributed by atoms with Crippen LogP contribution in [0.4, 0.5) is 0 Å². The number of carbonyl (C=O) groups is 2. The zero-order valence-electron chi connectivity index (χ0n) is 14.9. The number of aromatic nitrogens is 1. The molecule has 0 fully saturated rings. The molecular weight excluding hydrogens is 324 g/mol. The third-order valence-electron chi connectivity index (χ3n) is 5.06. The molecule has 0 aliphatic carbocycles. The minimum absolute atomic E-state index is 0.215. The van der Waals surface area contributed by atoms with Crippen molar-refractivity contribution in [2.24, 2.45) is 0 Å². The van der Waals surface area contributed by atoms with E-state index in [1.54, 1.807) is 24.3 Å². The zero-order valence-corrected chi connectivity index (χ0v) is 14.9. The van der Waals surface area contributed by atoms with Gasteiger partial charge in [-0.05, 0) is 54.7 Å². The number of aryl methyl sites for hydroxylation is 2. The van der Waals surface area contributed by atoms with Crippen LogP contribution in [0.5, 0.6) is 0 Å². The fraction of sp³-hybridized carbons (Fsp3) is 0.182. The van der Waals surface area contributed by atoms with E-state index in [1.165, 1.54) is 27.3 Å². The topological polar surface area (TPSA) is 53.2 Å². The van der Waals surface area contributed by atoms with Crippen LogP contribution in [0.15, 0.2) is 54.7 Å². The van der Waals surface area contributed by atoms with Gasteiger partial charge in [-0.15, -0.1) is 0 Å². The van der Waals surface area contributed by atoms with Crippen molar-refractivity contribution in [1.29, 1.82) is 0 Å². The Bertz CT molecular complexity index is 945. The first-order valence-electron chi connectivity index (χ1n) is 8.71. The number of benzene rings is 2. The molecule has 4 rings (SSSR count). The van der Waals surface area contributed by atoms with Crippen LogP contribution < -0.4 is 0 Å². The fourth-order valence-electron chi connectivity index (χ4n) is 3.49. The number of carbonyl (C=O) groups excluding carboxylic acids is 2. The Morgan fingerprint density at radius 3 is 1.96 bits per heavy atom. The average molecular weight is 344 g/mol. The number of aromatic amines is 1. The monoisotopic (exact) mass is 344 g/mol. The molecule has 2 amide bonds. The summed E-state index contributed by atoms with van der Waals surface area (Å²) in [5, 5.41) is 0. The van der Waals surface area contributed by atoms with E-state index in [2.05, 4.69) is 31.0 Å². The fourth-order valence-corrected chi connectivity index (χ4v) is 3.49. The van der Waals surface area contributed by atoms with E-state index >= 15 is 0 Å². The van der Waals surface area contributed by atoms with Crippen molar-refractivity contribution in [2.75, 3.05) is 0 Å². The Kier molecular flexibility index (Phi) is 3.96. The van der Waals surface area contributed by atoms with Crippen LogP contribution in [0.2, 0.25) is 0 Å². The van der Waals surface area contributed by atoms with Gasteiger partial charge < -0.3 is 4.98 Å². The van der Waals surface area contributed by atoms with Crippen molar-refractivity contribution in [2.45, 2.75) is 26.8 Å². The number of nitrogens with one attached hydrogen (secondary N) is 1. The van der Waals surface area contributed by atoms with Crippen LogP contribution in [0, 0.1) is 13.8 Å².